The number of nitrogens with one attached hydrogen (secondary N) is 1. The predicted molar refractivity (Wildman–Crippen MR) is 71.1 cm³/mol. The minimum atomic E-state index is -2.69. The normalized spacial score (nSPS) is 19.9. The molecule has 2 heterocycles. The molecule has 1 aromatic rings. The smallest absolute Gasteiger partial charge is 0.410 e. The number of aromatic amines is 1. The van der Waals surface area contributed by atoms with Crippen molar-refractivity contribution in [2.45, 2.75) is 51.6 Å². The van der Waals surface area contributed by atoms with Crippen LogP contribution in [0.15, 0.2) is 0 Å². The molecule has 1 aliphatic rings. The molecule has 0 aliphatic carbocycles. The number of aromatic nitrogens is 3. The van der Waals surface area contributed by atoms with Gasteiger partial charge in [-0.15, -0.1) is 0 Å². The monoisotopic (exact) mass is 302 g/mol. The molecular formula is C13H20F2N4O2. The summed E-state index contributed by atoms with van der Waals surface area (Å²) in [5.41, 5.74) is -0.556. The summed E-state index contributed by atoms with van der Waals surface area (Å²) in [7, 11) is 0. The zero-order valence-electron chi connectivity index (χ0n) is 12.4. The fourth-order valence-electron chi connectivity index (χ4n) is 2.26. The molecule has 0 spiro atoms. The first-order valence-corrected chi connectivity index (χ1v) is 6.94. The Hall–Kier alpha value is -1.73. The number of carbonyl (C=O) groups is 1. The largest absolute Gasteiger partial charge is 0.444 e. The zero-order chi connectivity index (χ0) is 15.6. The summed E-state index contributed by atoms with van der Waals surface area (Å²) in [5, 5.41) is 6.04. The van der Waals surface area contributed by atoms with E-state index in [0.29, 0.717) is 18.9 Å². The van der Waals surface area contributed by atoms with E-state index >= 15 is 0 Å². The van der Waals surface area contributed by atoms with Crippen molar-refractivity contribution >= 4 is 6.09 Å². The fraction of sp³-hybridized carbons (Fsp3) is 0.769. The third kappa shape index (κ3) is 4.12. The van der Waals surface area contributed by atoms with Gasteiger partial charge in [-0.3, -0.25) is 5.10 Å². The van der Waals surface area contributed by atoms with Crippen LogP contribution >= 0.6 is 0 Å². The quantitative estimate of drug-likeness (QED) is 0.912. The van der Waals surface area contributed by atoms with Crippen LogP contribution in [0.25, 0.3) is 0 Å². The third-order valence-electron chi connectivity index (χ3n) is 3.17. The number of halogens is 2. The van der Waals surface area contributed by atoms with Crippen molar-refractivity contribution in [3.05, 3.63) is 11.6 Å². The van der Waals surface area contributed by atoms with Gasteiger partial charge in [-0.25, -0.2) is 18.6 Å². The SMILES string of the molecule is CC(C)(C)OC(=O)N1CCCC(c2nc(C(F)F)n[nH]2)C1. The molecule has 0 bridgehead atoms. The van der Waals surface area contributed by atoms with Gasteiger partial charge in [0.25, 0.3) is 6.43 Å². The van der Waals surface area contributed by atoms with Crippen LogP contribution in [0, 0.1) is 0 Å². The van der Waals surface area contributed by atoms with Gasteiger partial charge in [-0.2, -0.15) is 5.10 Å². The molecule has 8 heteroatoms. The minimum Gasteiger partial charge on any atom is -0.444 e. The van der Waals surface area contributed by atoms with Crippen molar-refractivity contribution in [2.24, 2.45) is 0 Å². The topological polar surface area (TPSA) is 71.1 Å². The lowest BCUT2D eigenvalue weighted by Crippen LogP contribution is -2.42. The molecule has 6 nitrogen and oxygen atoms in total. The third-order valence-corrected chi connectivity index (χ3v) is 3.17. The number of nitrogens with zero attached hydrogens (tertiary/aromatic N) is 3. The number of hydrogen-bond donors (Lipinski definition) is 1. The average Bonchev–Trinajstić information content (AvgIpc) is 2.86. The van der Waals surface area contributed by atoms with Gasteiger partial charge < -0.3 is 9.64 Å². The second kappa shape index (κ2) is 5.95. The van der Waals surface area contributed by atoms with E-state index in [2.05, 4.69) is 15.2 Å². The fourth-order valence-corrected chi connectivity index (χ4v) is 2.26. The summed E-state index contributed by atoms with van der Waals surface area (Å²) in [4.78, 5) is 17.4. The number of carbonyl (C=O) groups excluding carboxylic acids is 1. The molecule has 1 amide bonds. The Labute approximate surface area is 121 Å². The van der Waals surface area contributed by atoms with Gasteiger partial charge in [0.15, 0.2) is 0 Å². The Kier molecular flexibility index (Phi) is 4.43. The van der Waals surface area contributed by atoms with Crippen molar-refractivity contribution in [1.82, 2.24) is 20.1 Å². The van der Waals surface area contributed by atoms with Gasteiger partial charge in [-0.1, -0.05) is 0 Å². The highest BCUT2D eigenvalue weighted by atomic mass is 19.3. The second-order valence-electron chi connectivity index (χ2n) is 6.15. The summed E-state index contributed by atoms with van der Waals surface area (Å²) >= 11 is 0. The van der Waals surface area contributed by atoms with E-state index < -0.39 is 17.9 Å². The van der Waals surface area contributed by atoms with E-state index in [1.165, 1.54) is 0 Å². The van der Waals surface area contributed by atoms with Gasteiger partial charge in [0.2, 0.25) is 5.82 Å². The Bertz CT molecular complexity index is 499. The average molecular weight is 302 g/mol. The van der Waals surface area contributed by atoms with Gasteiger partial charge >= 0.3 is 6.09 Å². The second-order valence-corrected chi connectivity index (χ2v) is 6.15. The van der Waals surface area contributed by atoms with Gasteiger partial charge in [0.05, 0.1) is 0 Å². The molecule has 1 aromatic heterocycles. The number of rotatable bonds is 2. The lowest BCUT2D eigenvalue weighted by atomic mass is 9.98. The van der Waals surface area contributed by atoms with Gasteiger partial charge in [-0.05, 0) is 33.6 Å². The number of hydrogen-bond acceptors (Lipinski definition) is 4. The van der Waals surface area contributed by atoms with Crippen molar-refractivity contribution in [3.8, 4) is 0 Å². The molecule has 118 valence electrons. The first-order valence-electron chi connectivity index (χ1n) is 6.94. The molecule has 1 saturated heterocycles. The molecule has 1 N–H and O–H groups in total. The van der Waals surface area contributed by atoms with Crippen LogP contribution in [0.4, 0.5) is 13.6 Å². The number of ether oxygens (including phenoxy) is 1. The number of likely N-dealkylation sites (tertiary alicyclic amines) is 1. The highest BCUT2D eigenvalue weighted by Crippen LogP contribution is 2.26. The van der Waals surface area contributed by atoms with E-state index in [-0.39, 0.29) is 12.0 Å². The van der Waals surface area contributed by atoms with E-state index in [0.717, 1.165) is 12.8 Å². The van der Waals surface area contributed by atoms with Crippen LogP contribution in [0.2, 0.25) is 0 Å². The van der Waals surface area contributed by atoms with Gasteiger partial charge in [0.1, 0.15) is 11.4 Å². The number of amides is 1. The summed E-state index contributed by atoms with van der Waals surface area (Å²) < 4.78 is 30.3. The molecule has 1 fully saturated rings. The molecule has 21 heavy (non-hydrogen) atoms. The van der Waals surface area contributed by atoms with Crippen molar-refractivity contribution < 1.29 is 18.3 Å². The molecule has 0 saturated carbocycles. The maximum atomic E-state index is 12.5. The lowest BCUT2D eigenvalue weighted by Gasteiger charge is -2.33. The first kappa shape index (κ1) is 15.7. The Balaban J connectivity index is 2.01. The molecule has 0 radical (unpaired) electrons. The Morgan fingerprint density at radius 1 is 1.48 bits per heavy atom. The van der Waals surface area contributed by atoms with Crippen molar-refractivity contribution in [2.75, 3.05) is 13.1 Å². The Morgan fingerprint density at radius 3 is 2.76 bits per heavy atom. The summed E-state index contributed by atoms with van der Waals surface area (Å²) in [5.74, 6) is -0.218. The molecule has 1 unspecified atom stereocenters. The standard InChI is InChI=1S/C13H20F2N4O2/c1-13(2,3)21-12(20)19-6-4-5-8(7-19)10-16-11(9(14)15)18-17-10/h8-9H,4-7H2,1-3H3,(H,16,17,18). The number of H-pyrrole nitrogens is 1. The molecule has 1 atom stereocenters. The zero-order valence-corrected chi connectivity index (χ0v) is 12.4. The van der Waals surface area contributed by atoms with Gasteiger partial charge in [0, 0.05) is 19.0 Å². The maximum Gasteiger partial charge on any atom is 0.410 e. The summed E-state index contributed by atoms with van der Waals surface area (Å²) in [6, 6.07) is 0. The highest BCUT2D eigenvalue weighted by Gasteiger charge is 2.30. The molecule has 1 aliphatic heterocycles. The molecule has 0 aromatic carbocycles. The van der Waals surface area contributed by atoms with Crippen molar-refractivity contribution in [1.29, 1.82) is 0 Å². The van der Waals surface area contributed by atoms with Crippen LogP contribution in [0.5, 0.6) is 0 Å². The minimum absolute atomic E-state index is 0.119. The summed E-state index contributed by atoms with van der Waals surface area (Å²) in [6.45, 7) is 6.40. The number of alkyl halides is 2. The maximum absolute atomic E-state index is 12.5. The van der Waals surface area contributed by atoms with Crippen LogP contribution in [-0.2, 0) is 4.74 Å². The Morgan fingerprint density at radius 2 is 2.19 bits per heavy atom. The van der Waals surface area contributed by atoms with Crippen molar-refractivity contribution in [3.63, 3.8) is 0 Å². The van der Waals surface area contributed by atoms with Crippen LogP contribution in [0.3, 0.4) is 0 Å². The molecular weight excluding hydrogens is 282 g/mol. The van der Waals surface area contributed by atoms with Crippen LogP contribution < -0.4 is 0 Å². The van der Waals surface area contributed by atoms with E-state index in [1.807, 2.05) is 0 Å². The van der Waals surface area contributed by atoms with Crippen LogP contribution in [-0.4, -0.2) is 44.9 Å². The van der Waals surface area contributed by atoms with E-state index in [1.54, 1.807) is 25.7 Å². The first-order chi connectivity index (χ1) is 9.76. The lowest BCUT2D eigenvalue weighted by molar-refractivity contribution is 0.0196. The van der Waals surface area contributed by atoms with E-state index in [9.17, 15) is 13.6 Å². The highest BCUT2D eigenvalue weighted by molar-refractivity contribution is 5.68. The predicted octanol–water partition coefficient (Wildman–Crippen LogP) is 2.86. The summed E-state index contributed by atoms with van der Waals surface area (Å²) in [6.07, 6.45) is -1.53. The molecule has 2 rings (SSSR count). The number of piperidine rings is 1. The van der Waals surface area contributed by atoms with Crippen LogP contribution in [0.1, 0.15) is 57.6 Å². The van der Waals surface area contributed by atoms with E-state index in [4.69, 9.17) is 4.74 Å².